The van der Waals surface area contributed by atoms with Crippen molar-refractivity contribution in [3.8, 4) is 0 Å². The van der Waals surface area contributed by atoms with Crippen molar-refractivity contribution < 1.29 is 19.2 Å². The number of carbonyl (C=O) groups is 4. The molecular formula is C21H17Cl2N3O4. The van der Waals surface area contributed by atoms with Crippen molar-refractivity contribution in [3.05, 3.63) is 65.5 Å². The summed E-state index contributed by atoms with van der Waals surface area (Å²) in [5.74, 6) is 0.0808. The molecule has 154 valence electrons. The van der Waals surface area contributed by atoms with Crippen molar-refractivity contribution in [2.24, 2.45) is 0 Å². The maximum atomic E-state index is 11.8. The second-order valence-electron chi connectivity index (χ2n) is 6.50. The van der Waals surface area contributed by atoms with Gasteiger partial charge in [0.2, 0.25) is 10.5 Å². The molecule has 0 aliphatic carbocycles. The fourth-order valence-electron chi connectivity index (χ4n) is 3.16. The van der Waals surface area contributed by atoms with Crippen LogP contribution in [0.5, 0.6) is 0 Å². The summed E-state index contributed by atoms with van der Waals surface area (Å²) in [5, 5.41) is -0.937. The van der Waals surface area contributed by atoms with Crippen LogP contribution in [0.25, 0.3) is 11.0 Å². The summed E-state index contributed by atoms with van der Waals surface area (Å²) in [7, 11) is 0. The molecule has 2 amide bonds. The second-order valence-corrected chi connectivity index (χ2v) is 7.34. The molecule has 0 spiro atoms. The largest absolute Gasteiger partial charge is 0.319 e. The van der Waals surface area contributed by atoms with Crippen molar-refractivity contribution in [2.45, 2.75) is 19.9 Å². The van der Waals surface area contributed by atoms with E-state index >= 15 is 0 Å². The summed E-state index contributed by atoms with van der Waals surface area (Å²) >= 11 is 10.5. The normalized spacial score (nSPS) is 12.6. The van der Waals surface area contributed by atoms with E-state index in [1.165, 1.54) is 0 Å². The van der Waals surface area contributed by atoms with Gasteiger partial charge in [-0.2, -0.15) is 0 Å². The van der Waals surface area contributed by atoms with Crippen molar-refractivity contribution in [2.75, 3.05) is 6.54 Å². The Morgan fingerprint density at radius 2 is 1.47 bits per heavy atom. The van der Waals surface area contributed by atoms with Crippen molar-refractivity contribution in [1.29, 1.82) is 0 Å². The van der Waals surface area contributed by atoms with E-state index in [1.807, 2.05) is 35.8 Å². The van der Waals surface area contributed by atoms with E-state index in [0.717, 1.165) is 21.8 Å². The van der Waals surface area contributed by atoms with Crippen LogP contribution in [0.2, 0.25) is 0 Å². The number of fused-ring (bicyclic) bond motifs is 2. The van der Waals surface area contributed by atoms with Crippen molar-refractivity contribution in [3.63, 3.8) is 0 Å². The van der Waals surface area contributed by atoms with E-state index < -0.39 is 5.24 Å². The highest BCUT2D eigenvalue weighted by Gasteiger charge is 2.34. The van der Waals surface area contributed by atoms with Gasteiger partial charge in [-0.3, -0.25) is 24.1 Å². The van der Waals surface area contributed by atoms with Crippen LogP contribution in [0, 0.1) is 6.92 Å². The lowest BCUT2D eigenvalue weighted by Crippen LogP contribution is -2.31. The second kappa shape index (κ2) is 9.19. The third kappa shape index (κ3) is 4.58. The highest BCUT2D eigenvalue weighted by molar-refractivity contribution is 6.63. The lowest BCUT2D eigenvalue weighted by molar-refractivity contribution is -0.112. The Labute approximate surface area is 182 Å². The van der Waals surface area contributed by atoms with Gasteiger partial charge < -0.3 is 4.57 Å². The summed E-state index contributed by atoms with van der Waals surface area (Å²) in [4.78, 5) is 50.3. The molecule has 0 fully saturated rings. The third-order valence-electron chi connectivity index (χ3n) is 4.54. The molecule has 0 saturated carbocycles. The minimum Gasteiger partial charge on any atom is -0.319 e. The molecule has 0 atom stereocenters. The molecule has 2 heterocycles. The van der Waals surface area contributed by atoms with Gasteiger partial charge in [0.25, 0.3) is 11.8 Å². The van der Waals surface area contributed by atoms with Crippen LogP contribution in [-0.2, 0) is 16.1 Å². The Balaban J connectivity index is 0.000000172. The van der Waals surface area contributed by atoms with E-state index in [1.54, 1.807) is 24.3 Å². The lowest BCUT2D eigenvalue weighted by Gasteiger charge is -2.11. The number of rotatable bonds is 5. The first-order valence-electron chi connectivity index (χ1n) is 9.03. The number of halogens is 2. The van der Waals surface area contributed by atoms with E-state index in [9.17, 15) is 19.2 Å². The van der Waals surface area contributed by atoms with E-state index in [-0.39, 0.29) is 36.6 Å². The van der Waals surface area contributed by atoms with Crippen LogP contribution in [0.15, 0.2) is 48.5 Å². The van der Waals surface area contributed by atoms with Crippen LogP contribution in [0.1, 0.15) is 33.0 Å². The number of aromatic nitrogens is 2. The summed E-state index contributed by atoms with van der Waals surface area (Å²) in [5.41, 5.74) is 2.60. The first-order valence-corrected chi connectivity index (χ1v) is 9.79. The molecule has 0 unspecified atom stereocenters. The summed E-state index contributed by atoms with van der Waals surface area (Å²) in [6, 6.07) is 14.3. The zero-order valence-corrected chi connectivity index (χ0v) is 17.5. The molecule has 0 bridgehead atoms. The number of hydrogen-bond acceptors (Lipinski definition) is 5. The molecule has 3 aromatic rings. The van der Waals surface area contributed by atoms with Gasteiger partial charge in [0.1, 0.15) is 5.82 Å². The van der Waals surface area contributed by atoms with Crippen molar-refractivity contribution in [1.82, 2.24) is 14.5 Å². The summed E-state index contributed by atoms with van der Waals surface area (Å²) < 4.78 is 1.81. The van der Waals surface area contributed by atoms with E-state index in [0.29, 0.717) is 11.1 Å². The highest BCUT2D eigenvalue weighted by Crippen LogP contribution is 2.22. The molecule has 2 aromatic carbocycles. The van der Waals surface area contributed by atoms with Gasteiger partial charge in [-0.1, -0.05) is 24.3 Å². The van der Waals surface area contributed by atoms with Gasteiger partial charge in [-0.25, -0.2) is 4.98 Å². The SMILES string of the molecule is Cc1nc2ccccc2n1CC(=O)Cl.O=C(Cl)CCN1C(=O)c2ccccc2C1=O. The quantitative estimate of drug-likeness (QED) is 0.442. The first-order chi connectivity index (χ1) is 14.3. The number of imidazole rings is 1. The monoisotopic (exact) mass is 445 g/mol. The van der Waals surface area contributed by atoms with Crippen LogP contribution in [0.4, 0.5) is 0 Å². The zero-order chi connectivity index (χ0) is 21.8. The number of aryl methyl sites for hydroxylation is 1. The van der Waals surface area contributed by atoms with Gasteiger partial charge in [0.15, 0.2) is 0 Å². The molecule has 30 heavy (non-hydrogen) atoms. The molecule has 0 saturated heterocycles. The Hall–Kier alpha value is -3.03. The highest BCUT2D eigenvalue weighted by atomic mass is 35.5. The van der Waals surface area contributed by atoms with Gasteiger partial charge in [-0.15, -0.1) is 0 Å². The molecule has 1 aliphatic rings. The van der Waals surface area contributed by atoms with Crippen LogP contribution in [-0.4, -0.2) is 43.3 Å². The molecule has 1 aliphatic heterocycles. The molecule has 4 rings (SSSR count). The number of nitrogens with zero attached hydrogens (tertiary/aromatic N) is 3. The standard InChI is InChI=1S/C11H8ClNO3.C10H9ClN2O/c12-9(14)5-6-13-10(15)7-3-1-2-4-8(7)11(13)16;1-7-12-8-4-2-3-5-9(8)13(7)6-10(11)14/h1-4H,5-6H2;2-5H,6H2,1H3. The molecule has 0 radical (unpaired) electrons. The fourth-order valence-corrected chi connectivity index (χ4v) is 3.37. The number of imide groups is 1. The minimum atomic E-state index is -0.559. The maximum Gasteiger partial charge on any atom is 0.261 e. The molecule has 7 nitrogen and oxygen atoms in total. The van der Waals surface area contributed by atoms with Gasteiger partial charge >= 0.3 is 0 Å². The topological polar surface area (TPSA) is 89.3 Å². The van der Waals surface area contributed by atoms with Gasteiger partial charge in [0.05, 0.1) is 28.7 Å². The number of carbonyl (C=O) groups excluding carboxylic acids is 4. The molecule has 1 aromatic heterocycles. The average molecular weight is 446 g/mol. The predicted octanol–water partition coefficient (Wildman–Crippen LogP) is 3.55. The van der Waals surface area contributed by atoms with Gasteiger partial charge in [0, 0.05) is 13.0 Å². The molecular weight excluding hydrogens is 429 g/mol. The Kier molecular flexibility index (Phi) is 6.64. The van der Waals surface area contributed by atoms with Crippen LogP contribution >= 0.6 is 23.2 Å². The number of hydrogen-bond donors (Lipinski definition) is 0. The lowest BCUT2D eigenvalue weighted by atomic mass is 10.1. The Morgan fingerprint density at radius 1 is 0.900 bits per heavy atom. The Morgan fingerprint density at radius 3 is 2.03 bits per heavy atom. The van der Waals surface area contributed by atoms with Crippen LogP contribution in [0.3, 0.4) is 0 Å². The van der Waals surface area contributed by atoms with Gasteiger partial charge in [-0.05, 0) is 54.4 Å². The molecule has 9 heteroatoms. The summed E-state index contributed by atoms with van der Waals surface area (Å²) in [6.07, 6.45) is -0.0208. The third-order valence-corrected chi connectivity index (χ3v) is 4.85. The minimum absolute atomic E-state index is 0.0208. The number of benzene rings is 2. The van der Waals surface area contributed by atoms with Crippen molar-refractivity contribution >= 4 is 56.5 Å². The predicted molar refractivity (Wildman–Crippen MR) is 113 cm³/mol. The Bertz CT molecular complexity index is 1120. The van der Waals surface area contributed by atoms with Crippen LogP contribution < -0.4 is 0 Å². The maximum absolute atomic E-state index is 11.8. The summed E-state index contributed by atoms with van der Waals surface area (Å²) in [6.45, 7) is 2.07. The smallest absolute Gasteiger partial charge is 0.261 e. The molecule has 0 N–H and O–H groups in total. The number of amides is 2. The van der Waals surface area contributed by atoms with E-state index in [4.69, 9.17) is 23.2 Å². The van der Waals surface area contributed by atoms with E-state index in [2.05, 4.69) is 4.98 Å². The first kappa shape index (κ1) is 21.7. The zero-order valence-electron chi connectivity index (χ0n) is 16.0. The number of para-hydroxylation sites is 2. The average Bonchev–Trinajstić information content (AvgIpc) is 3.15. The fraction of sp³-hybridized carbons (Fsp3) is 0.190.